The van der Waals surface area contributed by atoms with E-state index in [1.807, 2.05) is 0 Å². The van der Waals surface area contributed by atoms with Crippen molar-refractivity contribution in [3.8, 4) is 0 Å². The Hall–Kier alpha value is -0.120. The Bertz CT molecular complexity index is 208. The molecule has 3 N–H and O–H groups in total. The Balaban J connectivity index is 2.80. The van der Waals surface area contributed by atoms with E-state index in [0.717, 1.165) is 25.4 Å². The molecule has 0 aromatic carbocycles. The molecule has 0 spiro atoms. The van der Waals surface area contributed by atoms with Crippen molar-refractivity contribution in [3.05, 3.63) is 0 Å². The Morgan fingerprint density at radius 1 is 1.19 bits per heavy atom. The van der Waals surface area contributed by atoms with Gasteiger partial charge in [0.2, 0.25) is 0 Å². The first-order valence-electron chi connectivity index (χ1n) is 6.42. The fourth-order valence-corrected chi connectivity index (χ4v) is 3.67. The number of β-amino-alcohol motifs (C(OH)–C–C–N with tert-alkyl or cyclic N) is 1. The minimum absolute atomic E-state index is 0.171. The van der Waals surface area contributed by atoms with Crippen molar-refractivity contribution in [3.63, 3.8) is 0 Å². The van der Waals surface area contributed by atoms with Crippen LogP contribution < -0.4 is 5.73 Å². The van der Waals surface area contributed by atoms with E-state index in [-0.39, 0.29) is 17.7 Å². The molecule has 0 bridgehead atoms. The highest BCUT2D eigenvalue weighted by Crippen LogP contribution is 2.41. The SMILES string of the molecule is CC1(C)CC(CCN)CC(C)(C)N1CCO. The van der Waals surface area contributed by atoms with Crippen LogP contribution in [-0.4, -0.2) is 40.8 Å². The number of aliphatic hydroxyl groups excluding tert-OH is 1. The average molecular weight is 228 g/mol. The highest BCUT2D eigenvalue weighted by Gasteiger charge is 2.44. The maximum atomic E-state index is 9.19. The van der Waals surface area contributed by atoms with Gasteiger partial charge in [0.15, 0.2) is 0 Å². The molecular formula is C13H28N2O. The molecule has 1 saturated heterocycles. The topological polar surface area (TPSA) is 49.5 Å². The summed E-state index contributed by atoms with van der Waals surface area (Å²) in [5.41, 5.74) is 6.02. The van der Waals surface area contributed by atoms with Gasteiger partial charge in [-0.3, -0.25) is 4.90 Å². The lowest BCUT2D eigenvalue weighted by Gasteiger charge is -2.55. The molecule has 3 nitrogen and oxygen atoms in total. The van der Waals surface area contributed by atoms with Crippen molar-refractivity contribution in [2.24, 2.45) is 11.7 Å². The minimum atomic E-state index is 0.171. The first-order chi connectivity index (χ1) is 7.33. The van der Waals surface area contributed by atoms with E-state index >= 15 is 0 Å². The summed E-state index contributed by atoms with van der Waals surface area (Å²) in [6.07, 6.45) is 3.50. The minimum Gasteiger partial charge on any atom is -0.395 e. The van der Waals surface area contributed by atoms with Gasteiger partial charge in [0.1, 0.15) is 0 Å². The van der Waals surface area contributed by atoms with E-state index in [9.17, 15) is 5.11 Å². The lowest BCUT2D eigenvalue weighted by molar-refractivity contribution is -0.0599. The van der Waals surface area contributed by atoms with Crippen LogP contribution in [0.2, 0.25) is 0 Å². The van der Waals surface area contributed by atoms with Crippen LogP contribution in [0.3, 0.4) is 0 Å². The van der Waals surface area contributed by atoms with Gasteiger partial charge in [-0.1, -0.05) is 0 Å². The van der Waals surface area contributed by atoms with E-state index in [1.54, 1.807) is 0 Å². The Kier molecular flexibility index (Phi) is 4.38. The molecule has 0 amide bonds. The van der Waals surface area contributed by atoms with Gasteiger partial charge in [0, 0.05) is 17.6 Å². The van der Waals surface area contributed by atoms with E-state index in [0.29, 0.717) is 0 Å². The molecular weight excluding hydrogens is 200 g/mol. The van der Waals surface area contributed by atoms with Crippen molar-refractivity contribution in [2.45, 2.75) is 58.0 Å². The van der Waals surface area contributed by atoms with E-state index in [2.05, 4.69) is 32.6 Å². The van der Waals surface area contributed by atoms with Crippen LogP contribution in [-0.2, 0) is 0 Å². The molecule has 1 rings (SSSR count). The summed E-state index contributed by atoms with van der Waals surface area (Å²) in [5.74, 6) is 0.727. The molecule has 1 aliphatic heterocycles. The average Bonchev–Trinajstić information content (AvgIpc) is 2.10. The Morgan fingerprint density at radius 2 is 1.69 bits per heavy atom. The lowest BCUT2D eigenvalue weighted by Crippen LogP contribution is -2.61. The van der Waals surface area contributed by atoms with Gasteiger partial charge < -0.3 is 10.8 Å². The predicted molar refractivity (Wildman–Crippen MR) is 68.3 cm³/mol. The van der Waals surface area contributed by atoms with Gasteiger partial charge in [-0.15, -0.1) is 0 Å². The first kappa shape index (κ1) is 13.9. The van der Waals surface area contributed by atoms with Crippen molar-refractivity contribution < 1.29 is 5.11 Å². The van der Waals surface area contributed by atoms with Crippen LogP contribution in [0, 0.1) is 5.92 Å². The zero-order valence-corrected chi connectivity index (χ0v) is 11.3. The highest BCUT2D eigenvalue weighted by molar-refractivity contribution is 4.99. The van der Waals surface area contributed by atoms with Crippen molar-refractivity contribution in [2.75, 3.05) is 19.7 Å². The van der Waals surface area contributed by atoms with Gasteiger partial charge in [-0.2, -0.15) is 0 Å². The maximum absolute atomic E-state index is 9.19. The summed E-state index contributed by atoms with van der Waals surface area (Å²) < 4.78 is 0. The third-order valence-corrected chi connectivity index (χ3v) is 3.94. The molecule has 1 heterocycles. The quantitative estimate of drug-likeness (QED) is 0.768. The predicted octanol–water partition coefficient (Wildman–Crippen LogP) is 1.60. The maximum Gasteiger partial charge on any atom is 0.0558 e. The van der Waals surface area contributed by atoms with Crippen LogP contribution >= 0.6 is 0 Å². The molecule has 0 aliphatic carbocycles. The number of rotatable bonds is 4. The number of piperidine rings is 1. The van der Waals surface area contributed by atoms with Gasteiger partial charge >= 0.3 is 0 Å². The number of likely N-dealkylation sites (tertiary alicyclic amines) is 1. The third-order valence-electron chi connectivity index (χ3n) is 3.94. The van der Waals surface area contributed by atoms with E-state index in [4.69, 9.17) is 5.73 Å². The summed E-state index contributed by atoms with van der Waals surface area (Å²) in [4.78, 5) is 2.45. The molecule has 0 saturated carbocycles. The van der Waals surface area contributed by atoms with E-state index < -0.39 is 0 Å². The second kappa shape index (κ2) is 5.03. The number of hydrogen-bond donors (Lipinski definition) is 2. The van der Waals surface area contributed by atoms with Crippen molar-refractivity contribution >= 4 is 0 Å². The standard InChI is InChI=1S/C13H28N2O/c1-12(2)9-11(5-6-14)10-13(3,4)15(12)7-8-16/h11,16H,5-10,14H2,1-4H3. The normalized spacial score (nSPS) is 25.9. The molecule has 1 fully saturated rings. The largest absolute Gasteiger partial charge is 0.395 e. The molecule has 16 heavy (non-hydrogen) atoms. The van der Waals surface area contributed by atoms with Gasteiger partial charge in [-0.05, 0) is 59.4 Å². The highest BCUT2D eigenvalue weighted by atomic mass is 16.3. The third kappa shape index (κ3) is 2.96. The number of aliphatic hydroxyl groups is 1. The zero-order valence-electron chi connectivity index (χ0n) is 11.3. The fourth-order valence-electron chi connectivity index (χ4n) is 3.67. The number of hydrogen-bond acceptors (Lipinski definition) is 3. The molecule has 1 aliphatic rings. The molecule has 96 valence electrons. The first-order valence-corrected chi connectivity index (χ1v) is 6.42. The van der Waals surface area contributed by atoms with Crippen LogP contribution in [0.5, 0.6) is 0 Å². The van der Waals surface area contributed by atoms with Crippen LogP contribution in [0.15, 0.2) is 0 Å². The smallest absolute Gasteiger partial charge is 0.0558 e. The van der Waals surface area contributed by atoms with Crippen molar-refractivity contribution in [1.29, 1.82) is 0 Å². The van der Waals surface area contributed by atoms with E-state index in [1.165, 1.54) is 12.8 Å². The molecule has 3 heteroatoms. The van der Waals surface area contributed by atoms with Crippen molar-refractivity contribution in [1.82, 2.24) is 4.90 Å². The number of nitrogens with zero attached hydrogens (tertiary/aromatic N) is 1. The summed E-state index contributed by atoms with van der Waals surface area (Å²) in [6.45, 7) is 10.9. The molecule has 0 radical (unpaired) electrons. The van der Waals surface area contributed by atoms with Crippen LogP contribution in [0.4, 0.5) is 0 Å². The number of nitrogens with two attached hydrogens (primary N) is 1. The van der Waals surface area contributed by atoms with Gasteiger partial charge in [0.25, 0.3) is 0 Å². The second-order valence-corrected chi connectivity index (χ2v) is 6.35. The zero-order chi connectivity index (χ0) is 12.4. The molecule has 0 aromatic heterocycles. The van der Waals surface area contributed by atoms with Crippen LogP contribution in [0.25, 0.3) is 0 Å². The van der Waals surface area contributed by atoms with Gasteiger partial charge in [0.05, 0.1) is 6.61 Å². The monoisotopic (exact) mass is 228 g/mol. The fraction of sp³-hybridized carbons (Fsp3) is 1.00. The molecule has 0 aromatic rings. The molecule has 0 atom stereocenters. The lowest BCUT2D eigenvalue weighted by atomic mass is 9.72. The second-order valence-electron chi connectivity index (χ2n) is 6.35. The van der Waals surface area contributed by atoms with Crippen LogP contribution in [0.1, 0.15) is 47.0 Å². The Labute approximate surface area is 100 Å². The van der Waals surface area contributed by atoms with Gasteiger partial charge in [-0.25, -0.2) is 0 Å². The summed E-state index contributed by atoms with van der Waals surface area (Å²) in [5, 5.41) is 9.19. The summed E-state index contributed by atoms with van der Waals surface area (Å²) >= 11 is 0. The summed E-state index contributed by atoms with van der Waals surface area (Å²) in [6, 6.07) is 0. The Morgan fingerprint density at radius 3 is 2.06 bits per heavy atom. The summed E-state index contributed by atoms with van der Waals surface area (Å²) in [7, 11) is 0. The molecule has 0 unspecified atom stereocenters.